The van der Waals surface area contributed by atoms with E-state index in [1.165, 1.54) is 48.5 Å². The van der Waals surface area contributed by atoms with Gasteiger partial charge in [0.1, 0.15) is 36.6 Å². The molecule has 0 radical (unpaired) electrons. The molecule has 0 saturated carbocycles. The van der Waals surface area contributed by atoms with Crippen LogP contribution in [-0.2, 0) is 4.89 Å². The zero-order chi connectivity index (χ0) is 33.4. The quantitative estimate of drug-likeness (QED) is 0.0406. The van der Waals surface area contributed by atoms with Crippen molar-refractivity contribution in [2.75, 3.05) is 13.2 Å². The molecule has 0 heterocycles. The van der Waals surface area contributed by atoms with Crippen molar-refractivity contribution in [1.29, 1.82) is 0 Å². The van der Waals surface area contributed by atoms with Crippen molar-refractivity contribution in [3.8, 4) is 17.2 Å². The summed E-state index contributed by atoms with van der Waals surface area (Å²) in [5.41, 5.74) is -1.92. The highest BCUT2D eigenvalue weighted by atomic mass is 17.1. The maximum Gasteiger partial charge on any atom is 0.344 e. The van der Waals surface area contributed by atoms with Crippen LogP contribution in [0.15, 0.2) is 84.9 Å². The first kappa shape index (κ1) is 32.5. The van der Waals surface area contributed by atoms with Gasteiger partial charge in [-0.3, -0.25) is 25.5 Å². The van der Waals surface area contributed by atoms with Crippen molar-refractivity contribution in [2.45, 2.75) is 6.10 Å². The average molecular weight is 635 g/mol. The Morgan fingerprint density at radius 1 is 0.652 bits per heavy atom. The number of nitro groups is 2. The standard InChI is InChI=1S/C30H22N2O14/c33-28(34)23-11-3-18(31(38)39)15-25(23)27(46-42)17-1-5-20(6-2-17)43-13-14-44-21-7-9-22(10-8-21)45-30(37)26-16-19(32(40)41)4-12-24(26)29(35)36/h1-12,15-16,27,42H,13-14H2,(H,33,34)(H,35,36). The number of non-ortho nitro benzene ring substituents is 2. The van der Waals surface area contributed by atoms with Crippen molar-refractivity contribution in [1.82, 2.24) is 0 Å². The molecule has 0 bridgehead atoms. The van der Waals surface area contributed by atoms with Gasteiger partial charge in [0.2, 0.25) is 0 Å². The highest BCUT2D eigenvalue weighted by molar-refractivity contribution is 6.03. The molecule has 0 aliphatic rings. The molecule has 0 aromatic heterocycles. The van der Waals surface area contributed by atoms with Crippen LogP contribution in [0.25, 0.3) is 0 Å². The average Bonchev–Trinajstić information content (AvgIpc) is 3.04. The molecule has 4 aromatic rings. The molecule has 1 unspecified atom stereocenters. The number of rotatable bonds is 14. The van der Waals surface area contributed by atoms with Gasteiger partial charge < -0.3 is 24.4 Å². The smallest absolute Gasteiger partial charge is 0.344 e. The summed E-state index contributed by atoms with van der Waals surface area (Å²) < 4.78 is 16.4. The van der Waals surface area contributed by atoms with E-state index in [4.69, 9.17) is 14.2 Å². The second-order valence-corrected chi connectivity index (χ2v) is 9.24. The lowest BCUT2D eigenvalue weighted by molar-refractivity contribution is -0.385. The van der Waals surface area contributed by atoms with Crippen LogP contribution >= 0.6 is 0 Å². The second kappa shape index (κ2) is 14.4. The maximum absolute atomic E-state index is 12.5. The minimum absolute atomic E-state index is 0.0299. The Hall–Kier alpha value is -6.39. The Morgan fingerprint density at radius 2 is 1.13 bits per heavy atom. The molecule has 4 rings (SSSR count). The van der Waals surface area contributed by atoms with E-state index in [1.54, 1.807) is 0 Å². The largest absolute Gasteiger partial charge is 0.490 e. The monoisotopic (exact) mass is 634 g/mol. The first-order valence-corrected chi connectivity index (χ1v) is 13.0. The van der Waals surface area contributed by atoms with Crippen molar-refractivity contribution < 1.29 is 58.8 Å². The number of nitrogens with zero attached hydrogens (tertiary/aromatic N) is 2. The van der Waals surface area contributed by atoms with E-state index in [1.807, 2.05) is 0 Å². The van der Waals surface area contributed by atoms with Crippen LogP contribution in [0.3, 0.4) is 0 Å². The van der Waals surface area contributed by atoms with Gasteiger partial charge in [-0.1, -0.05) is 12.1 Å². The zero-order valence-electron chi connectivity index (χ0n) is 23.3. The number of carboxylic acids is 2. The van der Waals surface area contributed by atoms with Gasteiger partial charge in [0.05, 0.1) is 26.5 Å². The van der Waals surface area contributed by atoms with Crippen LogP contribution in [-0.4, -0.2) is 56.4 Å². The van der Waals surface area contributed by atoms with Gasteiger partial charge in [-0.2, -0.15) is 0 Å². The lowest BCUT2D eigenvalue weighted by Crippen LogP contribution is -2.14. The lowest BCUT2D eigenvalue weighted by atomic mass is 9.96. The molecule has 236 valence electrons. The Bertz CT molecular complexity index is 1790. The van der Waals surface area contributed by atoms with Gasteiger partial charge in [0.25, 0.3) is 11.4 Å². The second-order valence-electron chi connectivity index (χ2n) is 9.24. The van der Waals surface area contributed by atoms with E-state index >= 15 is 0 Å². The highest BCUT2D eigenvalue weighted by Crippen LogP contribution is 2.32. The first-order chi connectivity index (χ1) is 22.0. The predicted molar refractivity (Wildman–Crippen MR) is 155 cm³/mol. The summed E-state index contributed by atoms with van der Waals surface area (Å²) in [6, 6.07) is 17.5. The fourth-order valence-corrected chi connectivity index (χ4v) is 4.20. The molecule has 4 aromatic carbocycles. The Balaban J connectivity index is 1.32. The topological polar surface area (TPSA) is 235 Å². The van der Waals surface area contributed by atoms with Crippen LogP contribution in [0, 0.1) is 20.2 Å². The number of carbonyl (C=O) groups is 3. The normalized spacial score (nSPS) is 11.2. The highest BCUT2D eigenvalue weighted by Gasteiger charge is 2.25. The molecular formula is C30H22N2O14. The van der Waals surface area contributed by atoms with Gasteiger partial charge in [-0.25, -0.2) is 19.3 Å². The van der Waals surface area contributed by atoms with Crippen molar-refractivity contribution in [3.63, 3.8) is 0 Å². The molecule has 1 atom stereocenters. The third-order valence-corrected chi connectivity index (χ3v) is 6.37. The molecule has 16 nitrogen and oxygen atoms in total. The minimum atomic E-state index is -1.46. The first-order valence-electron chi connectivity index (χ1n) is 13.0. The summed E-state index contributed by atoms with van der Waals surface area (Å²) in [7, 11) is 0. The van der Waals surface area contributed by atoms with Crippen LogP contribution < -0.4 is 14.2 Å². The van der Waals surface area contributed by atoms with E-state index < -0.39 is 50.7 Å². The number of carboxylic acid groups (broad SMARTS) is 2. The third kappa shape index (κ3) is 7.76. The minimum Gasteiger partial charge on any atom is -0.490 e. The van der Waals surface area contributed by atoms with E-state index in [0.717, 1.165) is 36.4 Å². The van der Waals surface area contributed by atoms with E-state index in [-0.39, 0.29) is 35.8 Å². The van der Waals surface area contributed by atoms with E-state index in [2.05, 4.69) is 4.89 Å². The predicted octanol–water partition coefficient (Wildman–Crippen LogP) is 5.16. The summed E-state index contributed by atoms with van der Waals surface area (Å²) in [6.45, 7) is 0.156. The molecule has 0 aliphatic carbocycles. The number of nitro benzene ring substituents is 2. The van der Waals surface area contributed by atoms with Gasteiger partial charge in [0.15, 0.2) is 0 Å². The van der Waals surface area contributed by atoms with Gasteiger partial charge >= 0.3 is 17.9 Å². The molecule has 0 fully saturated rings. The van der Waals surface area contributed by atoms with Crippen molar-refractivity contribution in [3.05, 3.63) is 133 Å². The summed E-state index contributed by atoms with van der Waals surface area (Å²) >= 11 is 0. The van der Waals surface area contributed by atoms with Crippen molar-refractivity contribution >= 4 is 29.3 Å². The number of hydrogen-bond acceptors (Lipinski definition) is 12. The fraction of sp³-hybridized carbons (Fsp3) is 0.100. The molecule has 0 spiro atoms. The van der Waals surface area contributed by atoms with Crippen LogP contribution in [0.1, 0.15) is 48.3 Å². The molecule has 3 N–H and O–H groups in total. The van der Waals surface area contributed by atoms with Gasteiger partial charge in [-0.05, 0) is 54.1 Å². The summed E-state index contributed by atoms with van der Waals surface area (Å²) in [5, 5.41) is 50.5. The fourth-order valence-electron chi connectivity index (χ4n) is 4.20. The van der Waals surface area contributed by atoms with E-state index in [0.29, 0.717) is 17.1 Å². The molecule has 16 heteroatoms. The number of aromatic carboxylic acids is 2. The molecule has 0 saturated heterocycles. The maximum atomic E-state index is 12.5. The van der Waals surface area contributed by atoms with Crippen LogP contribution in [0.2, 0.25) is 0 Å². The van der Waals surface area contributed by atoms with Gasteiger partial charge in [0, 0.05) is 29.8 Å². The summed E-state index contributed by atoms with van der Waals surface area (Å²) in [4.78, 5) is 60.9. The lowest BCUT2D eigenvalue weighted by Gasteiger charge is -2.17. The van der Waals surface area contributed by atoms with Crippen LogP contribution in [0.5, 0.6) is 17.2 Å². The van der Waals surface area contributed by atoms with Crippen LogP contribution in [0.4, 0.5) is 11.4 Å². The molecular weight excluding hydrogens is 612 g/mol. The Morgan fingerprint density at radius 3 is 1.63 bits per heavy atom. The zero-order valence-corrected chi connectivity index (χ0v) is 23.3. The molecule has 46 heavy (non-hydrogen) atoms. The molecule has 0 amide bonds. The summed E-state index contributed by atoms with van der Waals surface area (Å²) in [6.07, 6.45) is -1.34. The Labute approximate surface area is 257 Å². The summed E-state index contributed by atoms with van der Waals surface area (Å²) in [5.74, 6) is -3.14. The number of esters is 1. The van der Waals surface area contributed by atoms with Gasteiger partial charge in [-0.15, -0.1) is 0 Å². The number of benzene rings is 4. The SMILES string of the molecule is O=C(O)c1ccc([N+](=O)[O-])cc1C(=O)Oc1ccc(OCCOc2ccc(C(OO)c3cc([N+](=O)[O-])ccc3C(=O)O)cc2)cc1. The molecule has 0 aliphatic heterocycles. The third-order valence-electron chi connectivity index (χ3n) is 6.37. The number of carbonyl (C=O) groups excluding carboxylic acids is 1. The number of ether oxygens (including phenoxy) is 3. The Kier molecular flexibility index (Phi) is 10.2. The van der Waals surface area contributed by atoms with Crippen molar-refractivity contribution in [2.24, 2.45) is 0 Å². The number of hydrogen-bond donors (Lipinski definition) is 3. The van der Waals surface area contributed by atoms with E-state index in [9.17, 15) is 50.1 Å².